The molecule has 0 aliphatic rings. The van der Waals surface area contributed by atoms with E-state index in [0.29, 0.717) is 12.2 Å². The summed E-state index contributed by atoms with van der Waals surface area (Å²) in [5.41, 5.74) is 0.282. The van der Waals surface area contributed by atoms with Gasteiger partial charge in [0.05, 0.1) is 5.56 Å². The topological polar surface area (TPSA) is 18.5 Å². The van der Waals surface area contributed by atoms with E-state index in [9.17, 15) is 13.2 Å². The minimum Gasteiger partial charge on any atom is -0.373 e. The summed E-state index contributed by atoms with van der Waals surface area (Å²) in [5, 5.41) is 2.76. The molecule has 114 valence electrons. The molecule has 0 aliphatic heterocycles. The van der Waals surface area contributed by atoms with Crippen LogP contribution >= 0.6 is 0 Å². The highest BCUT2D eigenvalue weighted by Gasteiger charge is 2.33. The van der Waals surface area contributed by atoms with Crippen LogP contribution in [0, 0.1) is 0 Å². The van der Waals surface area contributed by atoms with Crippen LogP contribution in [-0.4, -0.2) is 46.2 Å². The van der Waals surface area contributed by atoms with Gasteiger partial charge in [0.2, 0.25) is 0 Å². The van der Waals surface area contributed by atoms with E-state index in [1.54, 1.807) is 26.2 Å². The second-order valence-electron chi connectivity index (χ2n) is 5.09. The summed E-state index contributed by atoms with van der Waals surface area (Å²) >= 11 is 0. The maximum Gasteiger partial charge on any atom is 0.416 e. The Balaban J connectivity index is 3.00. The average Bonchev–Trinajstić information content (AvgIpc) is 2.35. The maximum atomic E-state index is 13.1. The second kappa shape index (κ2) is 6.95. The molecule has 0 spiro atoms. The Morgan fingerprint density at radius 3 is 2.25 bits per heavy atom. The standard InChI is InChI=1S/C14H22F3N3/c1-18-10-11-5-6-12(9-13(11)14(15,16)17)20(4)8-7-19(2)3/h5-6,9,18H,7-8,10H2,1-4H3. The fourth-order valence-corrected chi connectivity index (χ4v) is 1.89. The van der Waals surface area contributed by atoms with E-state index in [-0.39, 0.29) is 12.1 Å². The number of hydrogen-bond donors (Lipinski definition) is 1. The third kappa shape index (κ3) is 4.68. The number of halogens is 3. The van der Waals surface area contributed by atoms with Crippen molar-refractivity contribution < 1.29 is 13.2 Å². The Morgan fingerprint density at radius 1 is 1.10 bits per heavy atom. The lowest BCUT2D eigenvalue weighted by molar-refractivity contribution is -0.138. The Kier molecular flexibility index (Phi) is 5.83. The highest BCUT2D eigenvalue weighted by atomic mass is 19.4. The van der Waals surface area contributed by atoms with Crippen LogP contribution in [-0.2, 0) is 12.7 Å². The third-order valence-corrected chi connectivity index (χ3v) is 3.09. The number of benzene rings is 1. The molecule has 0 fully saturated rings. The van der Waals surface area contributed by atoms with Crippen LogP contribution in [0.5, 0.6) is 0 Å². The molecule has 0 radical (unpaired) electrons. The van der Waals surface area contributed by atoms with E-state index in [4.69, 9.17) is 0 Å². The van der Waals surface area contributed by atoms with E-state index in [2.05, 4.69) is 5.32 Å². The first-order chi connectivity index (χ1) is 9.25. The first-order valence-corrected chi connectivity index (χ1v) is 6.46. The lowest BCUT2D eigenvalue weighted by Gasteiger charge is -2.23. The van der Waals surface area contributed by atoms with Gasteiger partial charge in [-0.3, -0.25) is 0 Å². The molecule has 0 bridgehead atoms. The van der Waals surface area contributed by atoms with E-state index in [1.165, 1.54) is 6.07 Å². The SMILES string of the molecule is CNCc1ccc(N(C)CCN(C)C)cc1C(F)(F)F. The number of anilines is 1. The summed E-state index contributed by atoms with van der Waals surface area (Å²) in [5.74, 6) is 0. The van der Waals surface area contributed by atoms with Gasteiger partial charge in [0.25, 0.3) is 0 Å². The summed E-state index contributed by atoms with van der Waals surface area (Å²) in [6.07, 6.45) is -4.33. The minimum absolute atomic E-state index is 0.205. The maximum absolute atomic E-state index is 13.1. The molecule has 0 amide bonds. The summed E-state index contributed by atoms with van der Waals surface area (Å²) in [6, 6.07) is 4.50. The molecule has 0 atom stereocenters. The van der Waals surface area contributed by atoms with Crippen molar-refractivity contribution in [2.24, 2.45) is 0 Å². The lowest BCUT2D eigenvalue weighted by atomic mass is 10.1. The van der Waals surface area contributed by atoms with Crippen LogP contribution < -0.4 is 10.2 Å². The van der Waals surface area contributed by atoms with Crippen LogP contribution in [0.15, 0.2) is 18.2 Å². The molecule has 1 aromatic carbocycles. The molecule has 0 saturated heterocycles. The molecule has 0 aromatic heterocycles. The first-order valence-electron chi connectivity index (χ1n) is 6.46. The highest BCUT2D eigenvalue weighted by Crippen LogP contribution is 2.34. The van der Waals surface area contributed by atoms with Crippen molar-refractivity contribution in [3.05, 3.63) is 29.3 Å². The summed E-state index contributed by atoms with van der Waals surface area (Å²) in [6.45, 7) is 1.67. The van der Waals surface area contributed by atoms with Gasteiger partial charge in [-0.25, -0.2) is 0 Å². The molecule has 0 aliphatic carbocycles. The molecule has 1 N–H and O–H groups in total. The van der Waals surface area contributed by atoms with E-state index < -0.39 is 11.7 Å². The molecule has 1 rings (SSSR count). The number of hydrogen-bond acceptors (Lipinski definition) is 3. The fraction of sp³-hybridized carbons (Fsp3) is 0.571. The molecular weight excluding hydrogens is 267 g/mol. The van der Waals surface area contributed by atoms with Crippen LogP contribution in [0.4, 0.5) is 18.9 Å². The number of nitrogens with zero attached hydrogens (tertiary/aromatic N) is 2. The molecule has 0 unspecified atom stereocenters. The molecule has 0 heterocycles. The van der Waals surface area contributed by atoms with Gasteiger partial charge in [0.1, 0.15) is 0 Å². The Bertz CT molecular complexity index is 430. The number of alkyl halides is 3. The zero-order valence-corrected chi connectivity index (χ0v) is 12.4. The predicted molar refractivity (Wildman–Crippen MR) is 76.0 cm³/mol. The van der Waals surface area contributed by atoms with Crippen LogP contribution in [0.3, 0.4) is 0 Å². The first kappa shape index (κ1) is 16.8. The largest absolute Gasteiger partial charge is 0.416 e. The normalized spacial score (nSPS) is 12.0. The van der Waals surface area contributed by atoms with Crippen molar-refractivity contribution in [2.45, 2.75) is 12.7 Å². The third-order valence-electron chi connectivity index (χ3n) is 3.09. The Morgan fingerprint density at radius 2 is 1.75 bits per heavy atom. The van der Waals surface area contributed by atoms with E-state index in [0.717, 1.165) is 6.54 Å². The van der Waals surface area contributed by atoms with Crippen molar-refractivity contribution in [2.75, 3.05) is 46.2 Å². The number of rotatable bonds is 6. The zero-order chi connectivity index (χ0) is 15.3. The molecule has 0 saturated carbocycles. The van der Waals surface area contributed by atoms with Crippen molar-refractivity contribution in [1.82, 2.24) is 10.2 Å². The van der Waals surface area contributed by atoms with Gasteiger partial charge in [0, 0.05) is 32.4 Å². The summed E-state index contributed by atoms with van der Waals surface area (Å²) < 4.78 is 39.2. The average molecular weight is 289 g/mol. The highest BCUT2D eigenvalue weighted by molar-refractivity contribution is 5.51. The summed E-state index contributed by atoms with van der Waals surface area (Å²) in [7, 11) is 7.31. The number of likely N-dealkylation sites (N-methyl/N-ethyl adjacent to an activating group) is 2. The zero-order valence-electron chi connectivity index (χ0n) is 12.4. The predicted octanol–water partition coefficient (Wildman–Crippen LogP) is 2.42. The van der Waals surface area contributed by atoms with Gasteiger partial charge < -0.3 is 15.1 Å². The monoisotopic (exact) mass is 289 g/mol. The smallest absolute Gasteiger partial charge is 0.373 e. The second-order valence-corrected chi connectivity index (χ2v) is 5.09. The van der Waals surface area contributed by atoms with Gasteiger partial charge in [-0.1, -0.05) is 6.07 Å². The Labute approximate surface area is 118 Å². The van der Waals surface area contributed by atoms with E-state index >= 15 is 0 Å². The van der Waals surface area contributed by atoms with Crippen LogP contribution in [0.1, 0.15) is 11.1 Å². The van der Waals surface area contributed by atoms with Crippen molar-refractivity contribution >= 4 is 5.69 Å². The molecule has 6 heteroatoms. The fourth-order valence-electron chi connectivity index (χ4n) is 1.89. The quantitative estimate of drug-likeness (QED) is 0.867. The van der Waals surface area contributed by atoms with Crippen molar-refractivity contribution in [3.8, 4) is 0 Å². The molecular formula is C14H22F3N3. The van der Waals surface area contributed by atoms with Gasteiger partial charge in [-0.05, 0) is 38.8 Å². The van der Waals surface area contributed by atoms with Gasteiger partial charge in [-0.15, -0.1) is 0 Å². The lowest BCUT2D eigenvalue weighted by Crippen LogP contribution is -2.28. The van der Waals surface area contributed by atoms with Gasteiger partial charge in [-0.2, -0.15) is 13.2 Å². The molecule has 3 nitrogen and oxygen atoms in total. The number of nitrogens with one attached hydrogen (secondary N) is 1. The van der Waals surface area contributed by atoms with Crippen LogP contribution in [0.25, 0.3) is 0 Å². The molecule has 20 heavy (non-hydrogen) atoms. The van der Waals surface area contributed by atoms with Crippen molar-refractivity contribution in [1.29, 1.82) is 0 Å². The Hall–Kier alpha value is -1.27. The molecule has 1 aromatic rings. The van der Waals surface area contributed by atoms with E-state index in [1.807, 2.05) is 23.9 Å². The van der Waals surface area contributed by atoms with Gasteiger partial charge >= 0.3 is 6.18 Å². The van der Waals surface area contributed by atoms with Crippen molar-refractivity contribution in [3.63, 3.8) is 0 Å². The van der Waals surface area contributed by atoms with Gasteiger partial charge in [0.15, 0.2) is 0 Å². The van der Waals surface area contributed by atoms with Crippen LogP contribution in [0.2, 0.25) is 0 Å². The minimum atomic E-state index is -4.33. The summed E-state index contributed by atoms with van der Waals surface area (Å²) in [4.78, 5) is 3.83.